The fourth-order valence-electron chi connectivity index (χ4n) is 4.40. The van der Waals surface area contributed by atoms with Crippen LogP contribution >= 0.6 is 0 Å². The first-order chi connectivity index (χ1) is 16.1. The second kappa shape index (κ2) is 25.6. The van der Waals surface area contributed by atoms with Crippen LogP contribution in [-0.2, 0) is 14.3 Å². The third kappa shape index (κ3) is 27.1. The molecular formula is C29H56O4. The molecule has 0 spiro atoms. The molecular weight excluding hydrogens is 412 g/mol. The number of rotatable bonds is 26. The van der Waals surface area contributed by atoms with Crippen LogP contribution in [0.15, 0.2) is 0 Å². The van der Waals surface area contributed by atoms with E-state index in [1.807, 2.05) is 6.92 Å². The molecule has 0 saturated carbocycles. The van der Waals surface area contributed by atoms with E-state index in [1.165, 1.54) is 96.3 Å². The van der Waals surface area contributed by atoms with Crippen LogP contribution in [0, 0.1) is 0 Å². The molecule has 0 aliphatic heterocycles. The number of carboxylic acids is 1. The van der Waals surface area contributed by atoms with Crippen LogP contribution < -0.4 is 0 Å². The van der Waals surface area contributed by atoms with Crippen LogP contribution in [0.1, 0.15) is 168 Å². The molecule has 1 unspecified atom stereocenters. The number of esters is 1. The van der Waals surface area contributed by atoms with Gasteiger partial charge in [0, 0.05) is 12.8 Å². The zero-order valence-electron chi connectivity index (χ0n) is 22.2. The zero-order valence-corrected chi connectivity index (χ0v) is 22.2. The van der Waals surface area contributed by atoms with Gasteiger partial charge in [0.05, 0.1) is 6.10 Å². The molecule has 0 aliphatic rings. The van der Waals surface area contributed by atoms with Gasteiger partial charge in [0.25, 0.3) is 0 Å². The first kappa shape index (κ1) is 31.9. The Morgan fingerprint density at radius 1 is 0.576 bits per heavy atom. The molecule has 0 aromatic carbocycles. The normalized spacial score (nSPS) is 12.1. The topological polar surface area (TPSA) is 63.6 Å². The number of hydrogen-bond donors (Lipinski definition) is 1. The highest BCUT2D eigenvalue weighted by Crippen LogP contribution is 2.15. The van der Waals surface area contributed by atoms with E-state index in [0.717, 1.165) is 44.9 Å². The van der Waals surface area contributed by atoms with Gasteiger partial charge in [-0.25, -0.2) is 0 Å². The number of aliphatic carboxylic acids is 1. The fourth-order valence-corrected chi connectivity index (χ4v) is 4.40. The summed E-state index contributed by atoms with van der Waals surface area (Å²) in [6.45, 7) is 4.29. The largest absolute Gasteiger partial charge is 0.481 e. The summed E-state index contributed by atoms with van der Waals surface area (Å²) in [6, 6.07) is 0. The lowest BCUT2D eigenvalue weighted by Gasteiger charge is -2.13. The number of carbonyl (C=O) groups is 2. The maximum Gasteiger partial charge on any atom is 0.306 e. The number of unbranched alkanes of at least 4 members (excludes halogenated alkanes) is 19. The van der Waals surface area contributed by atoms with Gasteiger partial charge in [0.1, 0.15) is 0 Å². The fraction of sp³-hybridized carbons (Fsp3) is 0.931. The Hall–Kier alpha value is -1.06. The van der Waals surface area contributed by atoms with Gasteiger partial charge in [0.15, 0.2) is 0 Å². The predicted octanol–water partition coefficient (Wildman–Crippen LogP) is 9.39. The molecule has 0 rings (SSSR count). The number of ether oxygens (including phenoxy) is 1. The van der Waals surface area contributed by atoms with Gasteiger partial charge >= 0.3 is 11.9 Å². The van der Waals surface area contributed by atoms with Crippen molar-refractivity contribution in [2.24, 2.45) is 0 Å². The van der Waals surface area contributed by atoms with Crippen LogP contribution in [-0.4, -0.2) is 23.1 Å². The Kier molecular flexibility index (Phi) is 24.7. The molecule has 0 amide bonds. The first-order valence-electron chi connectivity index (χ1n) is 14.5. The van der Waals surface area contributed by atoms with Crippen molar-refractivity contribution in [3.63, 3.8) is 0 Å². The predicted molar refractivity (Wildman–Crippen MR) is 140 cm³/mol. The lowest BCUT2D eigenvalue weighted by molar-refractivity contribution is -0.148. The van der Waals surface area contributed by atoms with Crippen molar-refractivity contribution >= 4 is 11.9 Å². The Morgan fingerprint density at radius 3 is 1.36 bits per heavy atom. The Morgan fingerprint density at radius 2 is 0.939 bits per heavy atom. The Labute approximate surface area is 205 Å². The van der Waals surface area contributed by atoms with Crippen molar-refractivity contribution < 1.29 is 19.4 Å². The molecule has 0 aromatic heterocycles. The molecule has 0 radical (unpaired) electrons. The summed E-state index contributed by atoms with van der Waals surface area (Å²) in [5.41, 5.74) is 0. The standard InChI is InChI=1S/C29H56O4/c1-3-4-5-6-7-8-9-14-17-20-23-26-29(32)33-27(2)24-21-18-15-12-10-11-13-16-19-22-25-28(30)31/h27H,3-26H2,1-2H3,(H,30,31). The number of carbonyl (C=O) groups excluding carboxylic acids is 1. The van der Waals surface area contributed by atoms with Gasteiger partial charge in [-0.15, -0.1) is 0 Å². The van der Waals surface area contributed by atoms with Crippen molar-refractivity contribution in [3.8, 4) is 0 Å². The lowest BCUT2D eigenvalue weighted by atomic mass is 10.0. The van der Waals surface area contributed by atoms with Crippen LogP contribution in [0.5, 0.6) is 0 Å². The summed E-state index contributed by atoms with van der Waals surface area (Å²) in [5, 5.41) is 8.61. The van der Waals surface area contributed by atoms with Crippen molar-refractivity contribution in [3.05, 3.63) is 0 Å². The summed E-state index contributed by atoms with van der Waals surface area (Å²) in [6.07, 6.45) is 27.9. The van der Waals surface area contributed by atoms with Crippen LogP contribution in [0.4, 0.5) is 0 Å². The minimum absolute atomic E-state index is 0.0122. The molecule has 196 valence electrons. The minimum atomic E-state index is -0.677. The Bertz CT molecular complexity index is 435. The maximum absolute atomic E-state index is 12.0. The third-order valence-electron chi connectivity index (χ3n) is 6.57. The summed E-state index contributed by atoms with van der Waals surface area (Å²) in [4.78, 5) is 22.4. The summed E-state index contributed by atoms with van der Waals surface area (Å²) >= 11 is 0. The van der Waals surface area contributed by atoms with Gasteiger partial charge in [-0.3, -0.25) is 9.59 Å². The molecule has 0 bridgehead atoms. The van der Waals surface area contributed by atoms with E-state index in [0.29, 0.717) is 12.8 Å². The highest BCUT2D eigenvalue weighted by Gasteiger charge is 2.09. The monoisotopic (exact) mass is 468 g/mol. The summed E-state index contributed by atoms with van der Waals surface area (Å²) < 4.78 is 5.57. The van der Waals surface area contributed by atoms with E-state index >= 15 is 0 Å². The van der Waals surface area contributed by atoms with E-state index in [-0.39, 0.29) is 12.1 Å². The highest BCUT2D eigenvalue weighted by atomic mass is 16.5. The SMILES string of the molecule is CCCCCCCCCCCCCC(=O)OC(C)CCCCCCCCCCCCC(=O)O. The average molecular weight is 469 g/mol. The van der Waals surface area contributed by atoms with E-state index in [1.54, 1.807) is 0 Å². The molecule has 0 heterocycles. The lowest BCUT2D eigenvalue weighted by Crippen LogP contribution is -2.14. The van der Waals surface area contributed by atoms with Crippen LogP contribution in [0.3, 0.4) is 0 Å². The van der Waals surface area contributed by atoms with Gasteiger partial charge in [0.2, 0.25) is 0 Å². The van der Waals surface area contributed by atoms with Crippen molar-refractivity contribution in [2.45, 2.75) is 174 Å². The molecule has 0 fully saturated rings. The first-order valence-corrected chi connectivity index (χ1v) is 14.5. The number of carboxylic acid groups (broad SMARTS) is 1. The molecule has 0 saturated heterocycles. The van der Waals surface area contributed by atoms with E-state index < -0.39 is 5.97 Å². The molecule has 4 heteroatoms. The summed E-state index contributed by atoms with van der Waals surface area (Å²) in [5.74, 6) is -0.690. The third-order valence-corrected chi connectivity index (χ3v) is 6.57. The molecule has 0 aromatic rings. The van der Waals surface area contributed by atoms with E-state index in [4.69, 9.17) is 9.84 Å². The molecule has 1 N–H and O–H groups in total. The highest BCUT2D eigenvalue weighted by molar-refractivity contribution is 5.69. The van der Waals surface area contributed by atoms with Gasteiger partial charge in [-0.05, 0) is 32.6 Å². The van der Waals surface area contributed by atoms with E-state index in [9.17, 15) is 9.59 Å². The quantitative estimate of drug-likeness (QED) is 0.101. The van der Waals surface area contributed by atoms with Gasteiger partial charge in [-0.2, -0.15) is 0 Å². The van der Waals surface area contributed by atoms with Crippen molar-refractivity contribution in [2.75, 3.05) is 0 Å². The minimum Gasteiger partial charge on any atom is -0.481 e. The molecule has 0 aliphatic carbocycles. The Balaban J connectivity index is 3.31. The zero-order chi connectivity index (χ0) is 24.4. The smallest absolute Gasteiger partial charge is 0.306 e. The van der Waals surface area contributed by atoms with Gasteiger partial charge in [-0.1, -0.05) is 122 Å². The maximum atomic E-state index is 12.0. The second-order valence-electron chi connectivity index (χ2n) is 10.1. The van der Waals surface area contributed by atoms with Gasteiger partial charge < -0.3 is 9.84 Å². The number of hydrogen-bond acceptors (Lipinski definition) is 3. The van der Waals surface area contributed by atoms with Crippen molar-refractivity contribution in [1.82, 2.24) is 0 Å². The molecule has 1 atom stereocenters. The van der Waals surface area contributed by atoms with Crippen LogP contribution in [0.2, 0.25) is 0 Å². The molecule has 33 heavy (non-hydrogen) atoms. The molecule has 4 nitrogen and oxygen atoms in total. The van der Waals surface area contributed by atoms with E-state index in [2.05, 4.69) is 6.92 Å². The van der Waals surface area contributed by atoms with Crippen molar-refractivity contribution in [1.29, 1.82) is 0 Å². The van der Waals surface area contributed by atoms with Crippen LogP contribution in [0.25, 0.3) is 0 Å². The summed E-state index contributed by atoms with van der Waals surface area (Å²) in [7, 11) is 0. The average Bonchev–Trinajstić information content (AvgIpc) is 2.78. The second-order valence-corrected chi connectivity index (χ2v) is 10.1.